The van der Waals surface area contributed by atoms with Crippen molar-refractivity contribution in [1.82, 2.24) is 19.7 Å². The Hall–Kier alpha value is -3.22. The van der Waals surface area contributed by atoms with Gasteiger partial charge in [0.25, 0.3) is 5.91 Å². The Morgan fingerprint density at radius 3 is 2.78 bits per heavy atom. The summed E-state index contributed by atoms with van der Waals surface area (Å²) in [6.07, 6.45) is 5.13. The van der Waals surface area contributed by atoms with E-state index in [-0.39, 0.29) is 5.91 Å². The van der Waals surface area contributed by atoms with E-state index in [2.05, 4.69) is 25.7 Å². The van der Waals surface area contributed by atoms with Gasteiger partial charge in [0.1, 0.15) is 0 Å². The standard InChI is InChI=1S/C16H16N6O/c1-11-5-6-13(19-12-4-3-8-17-10-12)15(18-11)16(23)20-14-7-9-22(2)21-14/h3-10,19H,1-2H3,(H,20,21,23). The molecule has 0 fully saturated rings. The highest BCUT2D eigenvalue weighted by atomic mass is 16.2. The van der Waals surface area contributed by atoms with Crippen LogP contribution in [0.2, 0.25) is 0 Å². The number of nitrogens with zero attached hydrogens (tertiary/aromatic N) is 4. The highest BCUT2D eigenvalue weighted by molar-refractivity contribution is 6.06. The van der Waals surface area contributed by atoms with Gasteiger partial charge >= 0.3 is 0 Å². The summed E-state index contributed by atoms with van der Waals surface area (Å²) in [5, 5.41) is 10.0. The van der Waals surface area contributed by atoms with Crippen molar-refractivity contribution in [1.29, 1.82) is 0 Å². The normalized spacial score (nSPS) is 10.3. The van der Waals surface area contributed by atoms with E-state index < -0.39 is 0 Å². The lowest BCUT2D eigenvalue weighted by Crippen LogP contribution is -2.16. The number of amides is 1. The molecule has 0 aliphatic rings. The van der Waals surface area contributed by atoms with Crippen LogP contribution in [-0.2, 0) is 7.05 Å². The molecule has 3 heterocycles. The van der Waals surface area contributed by atoms with Gasteiger partial charge in [0.15, 0.2) is 11.5 Å². The molecule has 0 saturated carbocycles. The van der Waals surface area contributed by atoms with Gasteiger partial charge in [-0.05, 0) is 31.2 Å². The fraction of sp³-hybridized carbons (Fsp3) is 0.125. The fourth-order valence-electron chi connectivity index (χ4n) is 2.08. The number of aryl methyl sites for hydroxylation is 2. The first-order valence-electron chi connectivity index (χ1n) is 7.07. The zero-order valence-corrected chi connectivity index (χ0v) is 12.8. The second-order valence-corrected chi connectivity index (χ2v) is 5.04. The summed E-state index contributed by atoms with van der Waals surface area (Å²) in [5.74, 6) is 0.159. The van der Waals surface area contributed by atoms with Crippen LogP contribution in [0.1, 0.15) is 16.2 Å². The number of carbonyl (C=O) groups excluding carboxylic acids is 1. The molecule has 2 N–H and O–H groups in total. The van der Waals surface area contributed by atoms with Crippen LogP contribution in [0.25, 0.3) is 0 Å². The highest BCUT2D eigenvalue weighted by Crippen LogP contribution is 2.20. The molecule has 3 rings (SSSR count). The highest BCUT2D eigenvalue weighted by Gasteiger charge is 2.15. The van der Waals surface area contributed by atoms with Gasteiger partial charge in [-0.15, -0.1) is 0 Å². The summed E-state index contributed by atoms with van der Waals surface area (Å²) in [4.78, 5) is 20.9. The molecule has 116 valence electrons. The van der Waals surface area contributed by atoms with E-state index in [1.165, 1.54) is 0 Å². The van der Waals surface area contributed by atoms with Crippen LogP contribution in [0.15, 0.2) is 48.9 Å². The van der Waals surface area contributed by atoms with E-state index >= 15 is 0 Å². The average Bonchev–Trinajstić information content (AvgIpc) is 2.95. The zero-order valence-electron chi connectivity index (χ0n) is 12.8. The van der Waals surface area contributed by atoms with Gasteiger partial charge in [-0.3, -0.25) is 14.5 Å². The molecule has 0 aliphatic heterocycles. The first kappa shape index (κ1) is 14.7. The third-order valence-corrected chi connectivity index (χ3v) is 3.15. The quantitative estimate of drug-likeness (QED) is 0.773. The van der Waals surface area contributed by atoms with Gasteiger partial charge in [0.05, 0.1) is 17.6 Å². The Kier molecular flexibility index (Phi) is 4.01. The molecule has 0 aromatic carbocycles. The number of rotatable bonds is 4. The maximum absolute atomic E-state index is 12.5. The van der Waals surface area contributed by atoms with Crippen LogP contribution in [0, 0.1) is 6.92 Å². The molecule has 0 spiro atoms. The van der Waals surface area contributed by atoms with Crippen LogP contribution in [-0.4, -0.2) is 25.7 Å². The van der Waals surface area contributed by atoms with E-state index in [4.69, 9.17) is 0 Å². The predicted octanol–water partition coefficient (Wildman–Crippen LogP) is 2.51. The molecule has 0 aliphatic carbocycles. The fourth-order valence-corrected chi connectivity index (χ4v) is 2.08. The molecule has 3 aromatic rings. The molecule has 1 amide bonds. The van der Waals surface area contributed by atoms with Crippen molar-refractivity contribution in [3.63, 3.8) is 0 Å². The lowest BCUT2D eigenvalue weighted by molar-refractivity contribution is 0.102. The Labute approximate surface area is 133 Å². The van der Waals surface area contributed by atoms with Gasteiger partial charge in [-0.2, -0.15) is 5.10 Å². The summed E-state index contributed by atoms with van der Waals surface area (Å²) >= 11 is 0. The van der Waals surface area contributed by atoms with Crippen molar-refractivity contribution in [3.8, 4) is 0 Å². The third kappa shape index (κ3) is 3.52. The van der Waals surface area contributed by atoms with E-state index in [0.29, 0.717) is 17.2 Å². The number of hydrogen-bond acceptors (Lipinski definition) is 5. The lowest BCUT2D eigenvalue weighted by atomic mass is 10.2. The van der Waals surface area contributed by atoms with Crippen molar-refractivity contribution < 1.29 is 4.79 Å². The summed E-state index contributed by atoms with van der Waals surface area (Å²) in [7, 11) is 1.79. The second kappa shape index (κ2) is 6.27. The van der Waals surface area contributed by atoms with Gasteiger partial charge in [-0.1, -0.05) is 0 Å². The van der Waals surface area contributed by atoms with Crippen molar-refractivity contribution in [2.45, 2.75) is 6.92 Å². The molecule has 7 heteroatoms. The molecule has 0 bridgehead atoms. The van der Waals surface area contributed by atoms with Crippen molar-refractivity contribution in [2.75, 3.05) is 10.6 Å². The molecule has 0 atom stereocenters. The Balaban J connectivity index is 1.88. The number of pyridine rings is 2. The van der Waals surface area contributed by atoms with Crippen LogP contribution in [0.4, 0.5) is 17.2 Å². The smallest absolute Gasteiger partial charge is 0.277 e. The van der Waals surface area contributed by atoms with E-state index in [9.17, 15) is 4.79 Å². The molecular formula is C16H16N6O. The monoisotopic (exact) mass is 308 g/mol. The number of nitrogens with one attached hydrogen (secondary N) is 2. The van der Waals surface area contributed by atoms with Gasteiger partial charge < -0.3 is 10.6 Å². The van der Waals surface area contributed by atoms with E-state index in [1.807, 2.05) is 31.2 Å². The number of carbonyl (C=O) groups is 1. The van der Waals surface area contributed by atoms with Crippen LogP contribution < -0.4 is 10.6 Å². The minimum absolute atomic E-state index is 0.305. The third-order valence-electron chi connectivity index (χ3n) is 3.15. The minimum atomic E-state index is -0.321. The van der Waals surface area contributed by atoms with Crippen LogP contribution in [0.3, 0.4) is 0 Å². The topological polar surface area (TPSA) is 84.7 Å². The number of hydrogen-bond donors (Lipinski definition) is 2. The molecular weight excluding hydrogens is 292 g/mol. The van der Waals surface area contributed by atoms with Crippen LogP contribution in [0.5, 0.6) is 0 Å². The van der Waals surface area contributed by atoms with Gasteiger partial charge in [0, 0.05) is 31.2 Å². The number of anilines is 3. The SMILES string of the molecule is Cc1ccc(Nc2cccnc2)c(C(=O)Nc2ccn(C)n2)n1. The predicted molar refractivity (Wildman–Crippen MR) is 87.7 cm³/mol. The van der Waals surface area contributed by atoms with Crippen molar-refractivity contribution in [2.24, 2.45) is 7.05 Å². The van der Waals surface area contributed by atoms with E-state index in [1.54, 1.807) is 36.4 Å². The van der Waals surface area contributed by atoms with Gasteiger partial charge in [0.2, 0.25) is 0 Å². The Morgan fingerprint density at radius 2 is 2.09 bits per heavy atom. The molecule has 0 radical (unpaired) electrons. The van der Waals surface area contributed by atoms with Gasteiger partial charge in [-0.25, -0.2) is 4.98 Å². The Bertz CT molecular complexity index is 828. The molecule has 23 heavy (non-hydrogen) atoms. The maximum Gasteiger partial charge on any atom is 0.277 e. The largest absolute Gasteiger partial charge is 0.352 e. The first-order valence-corrected chi connectivity index (χ1v) is 7.07. The molecule has 3 aromatic heterocycles. The summed E-state index contributed by atoms with van der Waals surface area (Å²) < 4.78 is 1.62. The Morgan fingerprint density at radius 1 is 1.22 bits per heavy atom. The summed E-state index contributed by atoms with van der Waals surface area (Å²) in [5.41, 5.74) is 2.45. The maximum atomic E-state index is 12.5. The second-order valence-electron chi connectivity index (χ2n) is 5.04. The molecule has 0 saturated heterocycles. The summed E-state index contributed by atoms with van der Waals surface area (Å²) in [6.45, 7) is 1.84. The van der Waals surface area contributed by atoms with Crippen LogP contribution >= 0.6 is 0 Å². The van der Waals surface area contributed by atoms with E-state index in [0.717, 1.165) is 11.4 Å². The summed E-state index contributed by atoms with van der Waals surface area (Å²) in [6, 6.07) is 9.08. The van der Waals surface area contributed by atoms with Crippen molar-refractivity contribution >= 4 is 23.1 Å². The molecule has 7 nitrogen and oxygen atoms in total. The minimum Gasteiger partial charge on any atom is -0.352 e. The number of aromatic nitrogens is 4. The first-order chi connectivity index (χ1) is 11.1. The van der Waals surface area contributed by atoms with Crippen molar-refractivity contribution in [3.05, 3.63) is 60.3 Å². The average molecular weight is 308 g/mol. The zero-order chi connectivity index (χ0) is 16.2. The molecule has 0 unspecified atom stereocenters. The lowest BCUT2D eigenvalue weighted by Gasteiger charge is -2.11.